The lowest BCUT2D eigenvalue weighted by Crippen LogP contribution is -2.28. The lowest BCUT2D eigenvalue weighted by Gasteiger charge is -2.20. The van der Waals surface area contributed by atoms with Gasteiger partial charge in [-0.15, -0.1) is 0 Å². The highest BCUT2D eigenvalue weighted by Gasteiger charge is 2.17. The number of halogens is 1. The second-order valence-electron chi connectivity index (χ2n) is 9.03. The van der Waals surface area contributed by atoms with Gasteiger partial charge in [-0.2, -0.15) is 0 Å². The lowest BCUT2D eigenvalue weighted by molar-refractivity contribution is -0.115. The number of hydrogen-bond acceptors (Lipinski definition) is 4. The standard InChI is InChI=1S/C27H26FN3O3.C3H8.C2H6.H2/c1-2-25(32)30-23-12-13-24(19-6-4-3-5-7-19)31(27(23)34)17-18-14-21(16-29-15-18)26(33)20-8-10-22(28)11-9-20;1-3-2;1-2;/h6,8-16H,2-5,7,17H2,1H3,(H,30,32);3H2,1-2H3;1-2H3;1H. The zero-order valence-corrected chi connectivity index (χ0v) is 23.7. The summed E-state index contributed by atoms with van der Waals surface area (Å²) < 4.78 is 14.9. The Balaban J connectivity index is 0.00000125. The summed E-state index contributed by atoms with van der Waals surface area (Å²) in [5.41, 5.74) is 3.20. The first kappa shape index (κ1) is 31.3. The Bertz CT molecular complexity index is 1330. The van der Waals surface area contributed by atoms with Crippen LogP contribution in [0.5, 0.6) is 0 Å². The molecule has 0 saturated heterocycles. The maximum Gasteiger partial charge on any atom is 0.275 e. The van der Waals surface area contributed by atoms with Gasteiger partial charge in [0.1, 0.15) is 11.5 Å². The molecule has 39 heavy (non-hydrogen) atoms. The topological polar surface area (TPSA) is 81.1 Å². The van der Waals surface area contributed by atoms with Gasteiger partial charge >= 0.3 is 0 Å². The summed E-state index contributed by atoms with van der Waals surface area (Å²) in [4.78, 5) is 42.4. The summed E-state index contributed by atoms with van der Waals surface area (Å²) in [7, 11) is 0. The fraction of sp³-hybridized carbons (Fsp3) is 0.375. The van der Waals surface area contributed by atoms with E-state index in [2.05, 4.69) is 30.2 Å². The highest BCUT2D eigenvalue weighted by atomic mass is 19.1. The van der Waals surface area contributed by atoms with Crippen molar-refractivity contribution in [3.05, 3.63) is 99.5 Å². The minimum absolute atomic E-state index is 0. The molecule has 7 heteroatoms. The monoisotopic (exact) mass is 535 g/mol. The van der Waals surface area contributed by atoms with Gasteiger partial charge in [0.15, 0.2) is 5.78 Å². The van der Waals surface area contributed by atoms with Crippen LogP contribution in [0.4, 0.5) is 10.1 Å². The van der Waals surface area contributed by atoms with E-state index in [1.54, 1.807) is 29.8 Å². The molecule has 0 bridgehead atoms. The summed E-state index contributed by atoms with van der Waals surface area (Å²) in [5, 5.41) is 2.68. The number of anilines is 1. The Labute approximate surface area is 232 Å². The molecule has 0 aliphatic heterocycles. The van der Waals surface area contributed by atoms with Crippen molar-refractivity contribution in [2.45, 2.75) is 79.7 Å². The maximum atomic E-state index is 13.4. The first-order chi connectivity index (χ1) is 18.9. The molecule has 2 aromatic heterocycles. The molecular weight excluding hydrogens is 493 g/mol. The van der Waals surface area contributed by atoms with Crippen molar-refractivity contribution >= 4 is 23.0 Å². The van der Waals surface area contributed by atoms with Gasteiger partial charge in [-0.05, 0) is 79.3 Å². The summed E-state index contributed by atoms with van der Waals surface area (Å²) in [6.45, 7) is 10.2. The van der Waals surface area contributed by atoms with Crippen LogP contribution in [0, 0.1) is 5.82 Å². The van der Waals surface area contributed by atoms with E-state index in [4.69, 9.17) is 0 Å². The molecule has 1 aliphatic carbocycles. The zero-order chi connectivity index (χ0) is 28.8. The maximum absolute atomic E-state index is 13.4. The molecule has 0 radical (unpaired) electrons. The molecule has 1 aliphatic rings. The molecule has 0 fully saturated rings. The number of ketones is 1. The quantitative estimate of drug-likeness (QED) is 0.315. The Morgan fingerprint density at radius 2 is 1.69 bits per heavy atom. The number of nitrogens with zero attached hydrogens (tertiary/aromatic N) is 2. The summed E-state index contributed by atoms with van der Waals surface area (Å²) >= 11 is 0. The van der Waals surface area contributed by atoms with Crippen LogP contribution in [-0.2, 0) is 11.3 Å². The second-order valence-corrected chi connectivity index (χ2v) is 9.03. The van der Waals surface area contributed by atoms with Gasteiger partial charge in [0, 0.05) is 37.1 Å². The molecule has 2 heterocycles. The average molecular weight is 536 g/mol. The first-order valence-corrected chi connectivity index (χ1v) is 13.8. The number of aromatic nitrogens is 2. The summed E-state index contributed by atoms with van der Waals surface area (Å²) in [5.74, 6) is -0.926. The second kappa shape index (κ2) is 16.2. The van der Waals surface area contributed by atoms with Crippen molar-refractivity contribution < 1.29 is 15.4 Å². The Kier molecular flexibility index (Phi) is 13.0. The number of hydrogen-bond donors (Lipinski definition) is 1. The summed E-state index contributed by atoms with van der Waals surface area (Å²) in [6.07, 6.45) is 10.8. The Morgan fingerprint density at radius 1 is 1.00 bits per heavy atom. The smallest absolute Gasteiger partial charge is 0.275 e. The van der Waals surface area contributed by atoms with E-state index >= 15 is 0 Å². The van der Waals surface area contributed by atoms with Gasteiger partial charge in [-0.3, -0.25) is 19.4 Å². The van der Waals surface area contributed by atoms with Crippen molar-refractivity contribution in [1.82, 2.24) is 9.55 Å². The van der Waals surface area contributed by atoms with Gasteiger partial charge in [0.25, 0.3) is 5.56 Å². The fourth-order valence-corrected chi connectivity index (χ4v) is 4.07. The van der Waals surface area contributed by atoms with Crippen LogP contribution < -0.4 is 10.9 Å². The number of nitrogens with one attached hydrogen (secondary N) is 1. The predicted molar refractivity (Wildman–Crippen MR) is 159 cm³/mol. The predicted octanol–water partition coefficient (Wildman–Crippen LogP) is 7.66. The van der Waals surface area contributed by atoms with E-state index in [1.807, 2.05) is 19.9 Å². The molecule has 3 aromatic rings. The molecule has 210 valence electrons. The fourth-order valence-electron chi connectivity index (χ4n) is 4.07. The molecule has 1 N–H and O–H groups in total. The molecule has 0 atom stereocenters. The van der Waals surface area contributed by atoms with E-state index in [-0.39, 0.29) is 37.3 Å². The van der Waals surface area contributed by atoms with E-state index in [1.165, 1.54) is 36.9 Å². The molecular formula is C32H42FN3O3. The largest absolute Gasteiger partial charge is 0.321 e. The lowest BCUT2D eigenvalue weighted by atomic mass is 9.96. The number of carbonyl (C=O) groups is 2. The normalized spacial score (nSPS) is 12.2. The number of carbonyl (C=O) groups excluding carboxylic acids is 2. The first-order valence-electron chi connectivity index (χ1n) is 13.8. The van der Waals surface area contributed by atoms with Crippen LogP contribution in [0.25, 0.3) is 5.57 Å². The van der Waals surface area contributed by atoms with Crippen molar-refractivity contribution in [3.63, 3.8) is 0 Å². The molecule has 0 unspecified atom stereocenters. The number of benzene rings is 1. The minimum Gasteiger partial charge on any atom is -0.321 e. The molecule has 0 spiro atoms. The third-order valence-corrected chi connectivity index (χ3v) is 5.89. The molecule has 1 aromatic carbocycles. The molecule has 1 amide bonds. The molecule has 6 nitrogen and oxygen atoms in total. The third-order valence-electron chi connectivity index (χ3n) is 5.89. The average Bonchev–Trinajstić information content (AvgIpc) is 2.97. The number of allylic oxidation sites excluding steroid dienone is 2. The van der Waals surface area contributed by atoms with Gasteiger partial charge in [0.2, 0.25) is 5.91 Å². The number of pyridine rings is 2. The SMILES string of the molecule is CC.CCC.CCC(=O)Nc1ccc(C2=CCCCC2)n(Cc2cncc(C(=O)c3ccc(F)cc3)c2)c1=O.[HH]. The van der Waals surface area contributed by atoms with E-state index < -0.39 is 5.82 Å². The van der Waals surface area contributed by atoms with E-state index in [0.29, 0.717) is 16.7 Å². The number of amides is 1. The highest BCUT2D eigenvalue weighted by Crippen LogP contribution is 2.27. The van der Waals surface area contributed by atoms with Gasteiger partial charge in [-0.1, -0.05) is 47.1 Å². The van der Waals surface area contributed by atoms with Crippen molar-refractivity contribution in [2.75, 3.05) is 5.32 Å². The van der Waals surface area contributed by atoms with Crippen LogP contribution in [0.15, 0.2) is 65.7 Å². The van der Waals surface area contributed by atoms with E-state index in [0.717, 1.165) is 37.0 Å². The zero-order valence-electron chi connectivity index (χ0n) is 23.7. The Morgan fingerprint density at radius 3 is 2.31 bits per heavy atom. The van der Waals surface area contributed by atoms with E-state index in [9.17, 15) is 18.8 Å². The van der Waals surface area contributed by atoms with Crippen LogP contribution in [0.1, 0.15) is 102 Å². The van der Waals surface area contributed by atoms with Crippen LogP contribution in [0.3, 0.4) is 0 Å². The molecule has 0 saturated carbocycles. The van der Waals surface area contributed by atoms with Gasteiger partial charge in [0.05, 0.1) is 6.54 Å². The number of rotatable bonds is 7. The third kappa shape index (κ3) is 8.84. The van der Waals surface area contributed by atoms with Crippen molar-refractivity contribution in [3.8, 4) is 0 Å². The van der Waals surface area contributed by atoms with Crippen molar-refractivity contribution in [2.24, 2.45) is 0 Å². The minimum atomic E-state index is -0.414. The highest BCUT2D eigenvalue weighted by molar-refractivity contribution is 6.08. The molecule has 4 rings (SSSR count). The van der Waals surface area contributed by atoms with Crippen molar-refractivity contribution in [1.29, 1.82) is 0 Å². The van der Waals surface area contributed by atoms with Crippen LogP contribution in [-0.4, -0.2) is 21.2 Å². The van der Waals surface area contributed by atoms with Crippen LogP contribution >= 0.6 is 0 Å². The van der Waals surface area contributed by atoms with Gasteiger partial charge in [-0.25, -0.2) is 4.39 Å². The van der Waals surface area contributed by atoms with Crippen LogP contribution in [0.2, 0.25) is 0 Å². The van der Waals surface area contributed by atoms with Gasteiger partial charge < -0.3 is 9.88 Å². The summed E-state index contributed by atoms with van der Waals surface area (Å²) in [6, 6.07) is 10.6. The Hall–Kier alpha value is -3.87.